The summed E-state index contributed by atoms with van der Waals surface area (Å²) in [6, 6.07) is 154. The molecule has 0 aliphatic heterocycles. The van der Waals surface area contributed by atoms with Gasteiger partial charge in [0, 0.05) is 65.8 Å². The zero-order valence-electron chi connectivity index (χ0n) is 59.6. The predicted molar refractivity (Wildman–Crippen MR) is 460 cm³/mol. The Hall–Kier alpha value is -14.4. The molecule has 0 atom stereocenters. The van der Waals surface area contributed by atoms with Gasteiger partial charge in [0.15, 0.2) is 8.07 Å². The van der Waals surface area contributed by atoms with E-state index in [2.05, 4.69) is 425 Å². The Morgan fingerprint density at radius 3 is 0.807 bits per heavy atom. The quantitative estimate of drug-likeness (QED) is 0.0888. The standard InChI is InChI=1S/C60H42N2Si.C43H27N3/c1-5-18-43(19-6-1)44-20-17-21-48(40-44)62-58-31-16-14-29-54(58)56-42-46(33-39-60(56)62)45-32-38-59-55(41-45)53-28-13-15-30-57(53)61(59)47-34-36-52(37-35-47)63(49-22-7-2-8-23-49,50-24-9-3-10-25-50)51-26-11-4-12-27-51;44-28-29-18-21-41-37(24-29)39-27-33(20-23-43(39)46(41)35-15-9-12-31(25-35)30-10-3-1-4-11-30)32-19-22-42-38(26-32)36-16-7-8-17-40(36)45(42)34-13-5-2-6-14-34/h1-42H;1-27H. The molecule has 0 fully saturated rings. The molecule has 5 nitrogen and oxygen atoms in total. The Kier molecular flexibility index (Phi) is 15.9. The molecule has 0 radical (unpaired) electrons. The Morgan fingerprint density at radius 1 is 0.174 bits per heavy atom. The van der Waals surface area contributed by atoms with Gasteiger partial charge < -0.3 is 18.3 Å². The minimum atomic E-state index is -2.64. The minimum absolute atomic E-state index is 0.658. The number of rotatable bonds is 12. The van der Waals surface area contributed by atoms with Gasteiger partial charge in [0.2, 0.25) is 0 Å². The smallest absolute Gasteiger partial charge is 0.179 e. The van der Waals surface area contributed by atoms with Crippen molar-refractivity contribution < 1.29 is 0 Å². The largest absolute Gasteiger partial charge is 0.309 e. The van der Waals surface area contributed by atoms with Gasteiger partial charge >= 0.3 is 0 Å². The maximum atomic E-state index is 9.80. The molecule has 109 heavy (non-hydrogen) atoms. The van der Waals surface area contributed by atoms with Crippen LogP contribution in [0.1, 0.15) is 5.56 Å². The molecule has 0 saturated heterocycles. The predicted octanol–water partition coefficient (Wildman–Crippen LogP) is 23.7. The summed E-state index contributed by atoms with van der Waals surface area (Å²) >= 11 is 0. The van der Waals surface area contributed by atoms with Crippen molar-refractivity contribution in [3.05, 3.63) is 424 Å². The van der Waals surface area contributed by atoms with Crippen molar-refractivity contribution in [1.82, 2.24) is 18.3 Å². The van der Waals surface area contributed by atoms with Crippen molar-refractivity contribution in [2.24, 2.45) is 0 Å². The van der Waals surface area contributed by atoms with Crippen LogP contribution in [0.25, 0.3) is 154 Å². The molecular weight excluding hydrogens is 1340 g/mol. The van der Waals surface area contributed by atoms with E-state index in [1.807, 2.05) is 18.2 Å². The van der Waals surface area contributed by atoms with Crippen LogP contribution in [0.4, 0.5) is 0 Å². The zero-order chi connectivity index (χ0) is 72.4. The summed E-state index contributed by atoms with van der Waals surface area (Å²) in [5.74, 6) is 0. The van der Waals surface area contributed by atoms with Gasteiger partial charge in [0.25, 0.3) is 0 Å². The number of para-hydroxylation sites is 4. The third kappa shape index (κ3) is 11.0. The van der Waals surface area contributed by atoms with Gasteiger partial charge in [-0.3, -0.25) is 0 Å². The summed E-state index contributed by atoms with van der Waals surface area (Å²) in [6.07, 6.45) is 0. The lowest BCUT2D eigenvalue weighted by Crippen LogP contribution is -2.74. The molecule has 0 saturated carbocycles. The van der Waals surface area contributed by atoms with Crippen molar-refractivity contribution in [3.8, 4) is 73.3 Å². The molecule has 510 valence electrons. The first-order valence-corrected chi connectivity index (χ1v) is 39.3. The van der Waals surface area contributed by atoms with Crippen LogP contribution in [-0.2, 0) is 0 Å². The van der Waals surface area contributed by atoms with Gasteiger partial charge in [-0.05, 0) is 199 Å². The molecule has 4 aromatic heterocycles. The van der Waals surface area contributed by atoms with Gasteiger partial charge in [-0.1, -0.05) is 285 Å². The highest BCUT2D eigenvalue weighted by molar-refractivity contribution is 7.19. The fraction of sp³-hybridized carbons (Fsp3) is 0. The molecule has 21 aromatic rings. The van der Waals surface area contributed by atoms with E-state index in [0.29, 0.717) is 5.56 Å². The Morgan fingerprint density at radius 2 is 0.431 bits per heavy atom. The van der Waals surface area contributed by atoms with Crippen molar-refractivity contribution in [3.63, 3.8) is 0 Å². The summed E-state index contributed by atoms with van der Waals surface area (Å²) in [5.41, 5.74) is 24.1. The van der Waals surface area contributed by atoms with Crippen LogP contribution < -0.4 is 20.7 Å². The average molecular weight is 1400 g/mol. The third-order valence-corrected chi connectivity index (χ3v) is 27.0. The molecule has 21 rings (SSSR count). The maximum absolute atomic E-state index is 9.80. The van der Waals surface area contributed by atoms with Gasteiger partial charge in [-0.25, -0.2) is 0 Å². The highest BCUT2D eigenvalue weighted by Crippen LogP contribution is 2.42. The van der Waals surface area contributed by atoms with Gasteiger partial charge in [0.1, 0.15) is 0 Å². The molecule has 0 bridgehead atoms. The van der Waals surface area contributed by atoms with E-state index in [9.17, 15) is 5.26 Å². The highest BCUT2D eigenvalue weighted by Gasteiger charge is 2.41. The average Bonchev–Trinajstić information content (AvgIpc) is 1.18. The summed E-state index contributed by atoms with van der Waals surface area (Å²) in [7, 11) is -2.64. The normalized spacial score (nSPS) is 11.7. The van der Waals surface area contributed by atoms with Crippen LogP contribution in [0.5, 0.6) is 0 Å². The first-order chi connectivity index (χ1) is 54.0. The van der Waals surface area contributed by atoms with Crippen LogP contribution in [0.15, 0.2) is 419 Å². The van der Waals surface area contributed by atoms with E-state index in [-0.39, 0.29) is 0 Å². The van der Waals surface area contributed by atoms with E-state index in [1.54, 1.807) is 0 Å². The molecule has 0 aliphatic carbocycles. The second-order valence-electron chi connectivity index (χ2n) is 28.2. The van der Waals surface area contributed by atoms with Crippen LogP contribution in [0.2, 0.25) is 0 Å². The number of nitrogens with zero attached hydrogens (tertiary/aromatic N) is 5. The van der Waals surface area contributed by atoms with E-state index in [4.69, 9.17) is 0 Å². The second-order valence-corrected chi connectivity index (χ2v) is 32.0. The van der Waals surface area contributed by atoms with Crippen LogP contribution in [-0.4, -0.2) is 26.3 Å². The van der Waals surface area contributed by atoms with E-state index >= 15 is 0 Å². The lowest BCUT2D eigenvalue weighted by molar-refractivity contribution is 1.18. The number of benzene rings is 17. The topological polar surface area (TPSA) is 43.5 Å². The van der Waals surface area contributed by atoms with Crippen molar-refractivity contribution in [1.29, 1.82) is 5.26 Å². The van der Waals surface area contributed by atoms with Crippen LogP contribution in [0, 0.1) is 11.3 Å². The summed E-state index contributed by atoms with van der Waals surface area (Å²) in [6.45, 7) is 0. The highest BCUT2D eigenvalue weighted by atomic mass is 28.3. The summed E-state index contributed by atoms with van der Waals surface area (Å²) in [4.78, 5) is 0. The fourth-order valence-corrected chi connectivity index (χ4v) is 22.0. The number of aromatic nitrogens is 4. The number of hydrogen-bond donors (Lipinski definition) is 0. The minimum Gasteiger partial charge on any atom is -0.309 e. The van der Waals surface area contributed by atoms with E-state index in [1.165, 1.54) is 120 Å². The Labute approximate surface area is 632 Å². The molecule has 0 aliphatic rings. The molecule has 0 spiro atoms. The maximum Gasteiger partial charge on any atom is 0.179 e. The molecule has 4 heterocycles. The fourth-order valence-electron chi connectivity index (χ4n) is 17.3. The van der Waals surface area contributed by atoms with Gasteiger partial charge in [0.05, 0.1) is 55.8 Å². The van der Waals surface area contributed by atoms with E-state index in [0.717, 1.165) is 55.7 Å². The number of nitriles is 1. The first-order valence-electron chi connectivity index (χ1n) is 37.3. The molecule has 17 aromatic carbocycles. The lowest BCUT2D eigenvalue weighted by atomic mass is 10.00. The third-order valence-electron chi connectivity index (χ3n) is 22.2. The summed E-state index contributed by atoms with van der Waals surface area (Å²) < 4.78 is 9.52. The number of hydrogen-bond acceptors (Lipinski definition) is 1. The van der Waals surface area contributed by atoms with E-state index < -0.39 is 8.07 Å². The Balaban J connectivity index is 0.000000150. The zero-order valence-corrected chi connectivity index (χ0v) is 60.6. The van der Waals surface area contributed by atoms with Crippen molar-refractivity contribution in [2.75, 3.05) is 0 Å². The second kappa shape index (κ2) is 27.0. The molecular formula is C103H69N5Si. The van der Waals surface area contributed by atoms with Gasteiger partial charge in [-0.2, -0.15) is 5.26 Å². The molecule has 0 N–H and O–H groups in total. The van der Waals surface area contributed by atoms with Crippen LogP contribution in [0.3, 0.4) is 0 Å². The number of fused-ring (bicyclic) bond motifs is 12. The van der Waals surface area contributed by atoms with Crippen molar-refractivity contribution in [2.45, 2.75) is 0 Å². The first kappa shape index (κ1) is 64.3. The Bertz CT molecular complexity index is 6970. The lowest BCUT2D eigenvalue weighted by Gasteiger charge is -2.34. The van der Waals surface area contributed by atoms with Crippen LogP contribution >= 0.6 is 0 Å². The SMILES string of the molecule is N#Cc1ccc2c(c1)c1cc(-c3ccc4c(c3)c3ccccc3n4-c3ccccc3)ccc1n2-c1cccc(-c2ccccc2)c1.c1ccc(-c2cccc(-n3c4ccccc4c4cc(-c5ccc6c(c5)c5ccccc5n6-c5ccc([Si](c6ccccc6)(c6ccccc6)c6ccccc6)cc5)ccc43)c2)cc1. The molecule has 0 unspecified atom stereocenters. The van der Waals surface area contributed by atoms with Gasteiger partial charge in [-0.15, -0.1) is 0 Å². The monoisotopic (exact) mass is 1400 g/mol. The summed E-state index contributed by atoms with van der Waals surface area (Å²) in [5, 5.41) is 24.9. The molecule has 6 heteroatoms. The molecule has 0 amide bonds. The van der Waals surface area contributed by atoms with Crippen molar-refractivity contribution >= 4 is 116 Å².